The number of hydrogen-bond donors (Lipinski definition) is 0. The van der Waals surface area contributed by atoms with E-state index >= 15 is 0 Å². The molecule has 4 nitrogen and oxygen atoms in total. The Morgan fingerprint density at radius 1 is 1.03 bits per heavy atom. The lowest BCUT2D eigenvalue weighted by Gasteiger charge is -2.64. The van der Waals surface area contributed by atoms with Gasteiger partial charge in [-0.1, -0.05) is 27.7 Å². The molecule has 0 radical (unpaired) electrons. The van der Waals surface area contributed by atoms with Crippen LogP contribution in [0.4, 0.5) is 0 Å². The lowest BCUT2D eigenvalue weighted by Crippen LogP contribution is -2.62. The smallest absolute Gasteiger partial charge is 0.305 e. The maximum Gasteiger partial charge on any atom is 0.305 e. The molecule has 8 atom stereocenters. The standard InChI is InChI=1S/C26H40O4/c1-16(6-9-23(29)30-5)19-7-8-20-25(19,3)13-11-21-24(2)12-10-18(27)14-17(24)15-22(28)26(20,21)4/h16-17,19-21H,6-15H2,1-5H3/t16?,17-,19+,20+,21+,24-,25+,26-/m0/s1. The van der Waals surface area contributed by atoms with Gasteiger partial charge in [-0.25, -0.2) is 0 Å². The van der Waals surface area contributed by atoms with E-state index in [0.717, 1.165) is 32.1 Å². The van der Waals surface area contributed by atoms with Crippen LogP contribution in [-0.4, -0.2) is 24.6 Å². The van der Waals surface area contributed by atoms with Crippen molar-refractivity contribution in [3.05, 3.63) is 0 Å². The van der Waals surface area contributed by atoms with Gasteiger partial charge in [0.2, 0.25) is 0 Å². The van der Waals surface area contributed by atoms with Gasteiger partial charge in [0.1, 0.15) is 11.6 Å². The molecule has 0 saturated heterocycles. The predicted octanol–water partition coefficient (Wildman–Crippen LogP) is 5.37. The summed E-state index contributed by atoms with van der Waals surface area (Å²) in [6.45, 7) is 9.43. The lowest BCUT2D eigenvalue weighted by molar-refractivity contribution is -0.182. The van der Waals surface area contributed by atoms with Crippen LogP contribution in [0.5, 0.6) is 0 Å². The Hall–Kier alpha value is -1.19. The quantitative estimate of drug-likeness (QED) is 0.578. The van der Waals surface area contributed by atoms with E-state index in [1.807, 2.05) is 0 Å². The fourth-order valence-electron chi connectivity index (χ4n) is 9.02. The molecule has 0 N–H and O–H groups in total. The SMILES string of the molecule is COC(=O)CCC(C)[C@H]1CC[C@@H]2[C@]1(C)CC[C@@H]1[C@@]3(C)CCC(=O)C[C@H]3CC(=O)[C@]12C. The number of esters is 1. The Bertz CT molecular complexity index is 743. The third kappa shape index (κ3) is 3.03. The molecule has 0 aromatic rings. The summed E-state index contributed by atoms with van der Waals surface area (Å²) in [4.78, 5) is 37.5. The second kappa shape index (κ2) is 7.45. The topological polar surface area (TPSA) is 60.4 Å². The molecule has 0 aromatic heterocycles. The minimum absolute atomic E-state index is 0.120. The predicted molar refractivity (Wildman–Crippen MR) is 116 cm³/mol. The average Bonchev–Trinajstić information content (AvgIpc) is 3.06. The maximum absolute atomic E-state index is 13.7. The van der Waals surface area contributed by atoms with Gasteiger partial charge in [-0.2, -0.15) is 0 Å². The van der Waals surface area contributed by atoms with Crippen LogP contribution < -0.4 is 0 Å². The van der Waals surface area contributed by atoms with Gasteiger partial charge in [0, 0.05) is 31.1 Å². The van der Waals surface area contributed by atoms with Crippen molar-refractivity contribution in [1.29, 1.82) is 0 Å². The summed E-state index contributed by atoms with van der Waals surface area (Å²) < 4.78 is 4.86. The highest BCUT2D eigenvalue weighted by Gasteiger charge is 2.68. The highest BCUT2D eigenvalue weighted by atomic mass is 16.5. The number of carbonyl (C=O) groups excluding carboxylic acids is 3. The van der Waals surface area contributed by atoms with E-state index in [9.17, 15) is 14.4 Å². The molecule has 4 aliphatic carbocycles. The molecule has 0 heterocycles. The van der Waals surface area contributed by atoms with E-state index in [0.29, 0.717) is 60.9 Å². The Labute approximate surface area is 181 Å². The average molecular weight is 417 g/mol. The Kier molecular flexibility index (Phi) is 5.47. The zero-order valence-corrected chi connectivity index (χ0v) is 19.6. The number of methoxy groups -OCH3 is 1. The molecule has 168 valence electrons. The first-order valence-corrected chi connectivity index (χ1v) is 12.2. The monoisotopic (exact) mass is 416 g/mol. The Balaban J connectivity index is 1.60. The number of ketones is 2. The van der Waals surface area contributed by atoms with Crippen LogP contribution in [0.2, 0.25) is 0 Å². The molecule has 0 bridgehead atoms. The van der Waals surface area contributed by atoms with Crippen LogP contribution in [0.1, 0.15) is 91.9 Å². The van der Waals surface area contributed by atoms with E-state index in [-0.39, 0.29) is 28.1 Å². The zero-order chi connectivity index (χ0) is 21.9. The number of fused-ring (bicyclic) bond motifs is 5. The first kappa shape index (κ1) is 22.0. The van der Waals surface area contributed by atoms with Gasteiger partial charge in [0.15, 0.2) is 0 Å². The van der Waals surface area contributed by atoms with Crippen molar-refractivity contribution in [2.24, 2.45) is 45.8 Å². The number of hydrogen-bond acceptors (Lipinski definition) is 4. The summed E-state index contributed by atoms with van der Waals surface area (Å²) in [5, 5.41) is 0. The second-order valence-corrected chi connectivity index (χ2v) is 11.8. The van der Waals surface area contributed by atoms with Gasteiger partial charge in [-0.05, 0) is 78.9 Å². The molecule has 0 spiro atoms. The van der Waals surface area contributed by atoms with Crippen LogP contribution in [0.25, 0.3) is 0 Å². The number of carbonyl (C=O) groups is 3. The van der Waals surface area contributed by atoms with Crippen molar-refractivity contribution in [2.45, 2.75) is 91.9 Å². The van der Waals surface area contributed by atoms with Crippen LogP contribution in [-0.2, 0) is 19.1 Å². The van der Waals surface area contributed by atoms with Crippen molar-refractivity contribution in [3.63, 3.8) is 0 Å². The summed E-state index contributed by atoms with van der Waals surface area (Å²) in [6, 6.07) is 0. The van der Waals surface area contributed by atoms with E-state index in [1.165, 1.54) is 13.5 Å². The van der Waals surface area contributed by atoms with Gasteiger partial charge >= 0.3 is 5.97 Å². The van der Waals surface area contributed by atoms with Gasteiger partial charge in [0.25, 0.3) is 0 Å². The van der Waals surface area contributed by atoms with Crippen molar-refractivity contribution in [1.82, 2.24) is 0 Å². The van der Waals surface area contributed by atoms with Gasteiger partial charge in [0.05, 0.1) is 7.11 Å². The molecular weight excluding hydrogens is 376 g/mol. The van der Waals surface area contributed by atoms with Crippen LogP contribution in [0.15, 0.2) is 0 Å². The van der Waals surface area contributed by atoms with Gasteiger partial charge in [-0.3, -0.25) is 14.4 Å². The number of ether oxygens (including phenoxy) is 1. The highest BCUT2D eigenvalue weighted by molar-refractivity contribution is 5.89. The molecule has 1 unspecified atom stereocenters. The van der Waals surface area contributed by atoms with Crippen LogP contribution in [0.3, 0.4) is 0 Å². The maximum atomic E-state index is 13.7. The normalized spacial score (nSPS) is 46.6. The Morgan fingerprint density at radius 3 is 2.43 bits per heavy atom. The Morgan fingerprint density at radius 2 is 1.73 bits per heavy atom. The summed E-state index contributed by atoms with van der Waals surface area (Å²) in [6.07, 6.45) is 8.81. The molecule has 4 aliphatic rings. The van der Waals surface area contributed by atoms with Gasteiger partial charge in [-0.15, -0.1) is 0 Å². The summed E-state index contributed by atoms with van der Waals surface area (Å²) in [5.41, 5.74) is 0.0477. The lowest BCUT2D eigenvalue weighted by atomic mass is 9.39. The third-order valence-corrected chi connectivity index (χ3v) is 10.7. The van der Waals surface area contributed by atoms with E-state index < -0.39 is 0 Å². The third-order valence-electron chi connectivity index (χ3n) is 10.7. The van der Waals surface area contributed by atoms with Crippen molar-refractivity contribution in [2.75, 3.05) is 7.11 Å². The largest absolute Gasteiger partial charge is 0.469 e. The van der Waals surface area contributed by atoms with Crippen molar-refractivity contribution < 1.29 is 19.1 Å². The van der Waals surface area contributed by atoms with Crippen molar-refractivity contribution in [3.8, 4) is 0 Å². The molecule has 4 rings (SSSR count). The first-order chi connectivity index (χ1) is 14.1. The molecule has 30 heavy (non-hydrogen) atoms. The van der Waals surface area contributed by atoms with Crippen LogP contribution >= 0.6 is 0 Å². The summed E-state index contributed by atoms with van der Waals surface area (Å²) in [7, 11) is 1.46. The van der Waals surface area contributed by atoms with E-state index in [1.54, 1.807) is 0 Å². The zero-order valence-electron chi connectivity index (χ0n) is 19.6. The summed E-state index contributed by atoms with van der Waals surface area (Å²) in [5.74, 6) is 2.79. The molecule has 0 aliphatic heterocycles. The van der Waals surface area contributed by atoms with Crippen molar-refractivity contribution >= 4 is 17.5 Å². The molecule has 4 fully saturated rings. The number of Topliss-reactive ketones (excluding diaryl/α,β-unsaturated/α-hetero) is 2. The van der Waals surface area contributed by atoms with E-state index in [2.05, 4.69) is 27.7 Å². The molecular formula is C26H40O4. The van der Waals surface area contributed by atoms with E-state index in [4.69, 9.17) is 4.74 Å². The molecule has 0 amide bonds. The second-order valence-electron chi connectivity index (χ2n) is 11.8. The fraction of sp³-hybridized carbons (Fsp3) is 0.885. The van der Waals surface area contributed by atoms with Crippen LogP contribution in [0, 0.1) is 45.8 Å². The minimum Gasteiger partial charge on any atom is -0.469 e. The molecule has 4 saturated carbocycles. The number of rotatable bonds is 4. The molecule has 0 aromatic carbocycles. The molecule has 4 heteroatoms. The highest BCUT2D eigenvalue weighted by Crippen LogP contribution is 2.71. The summed E-state index contributed by atoms with van der Waals surface area (Å²) >= 11 is 0. The van der Waals surface area contributed by atoms with Gasteiger partial charge < -0.3 is 4.74 Å². The minimum atomic E-state index is -0.255. The first-order valence-electron chi connectivity index (χ1n) is 12.2. The fourth-order valence-corrected chi connectivity index (χ4v) is 9.02.